The van der Waals surface area contributed by atoms with Crippen molar-refractivity contribution in [3.63, 3.8) is 0 Å². The standard InChI is InChI=1S/C12H11FN2O/c13-10-6-4-9(5-7-10)11-2-1-3-12(15-11)14-8-16/h1-6,8,10H,7H2,(H,14,15,16). The summed E-state index contributed by atoms with van der Waals surface area (Å²) in [5, 5.41) is 2.48. The molecule has 0 radical (unpaired) electrons. The maximum atomic E-state index is 12.9. The summed E-state index contributed by atoms with van der Waals surface area (Å²) in [5.74, 6) is 0.490. The summed E-state index contributed by atoms with van der Waals surface area (Å²) in [6, 6.07) is 5.32. The van der Waals surface area contributed by atoms with Gasteiger partial charge in [0.05, 0.1) is 5.69 Å². The van der Waals surface area contributed by atoms with Crippen LogP contribution in [0.25, 0.3) is 5.57 Å². The Bertz CT molecular complexity index is 454. The van der Waals surface area contributed by atoms with Crippen LogP contribution in [0.1, 0.15) is 12.1 Å². The Morgan fingerprint density at radius 3 is 3.06 bits per heavy atom. The van der Waals surface area contributed by atoms with Crippen molar-refractivity contribution in [3.8, 4) is 0 Å². The SMILES string of the molecule is O=CNc1cccc(C2=CCC(F)C=C2)n1. The second-order valence-electron chi connectivity index (χ2n) is 3.44. The minimum absolute atomic E-state index is 0.374. The van der Waals surface area contributed by atoms with Crippen LogP contribution in [0.15, 0.2) is 36.4 Å². The highest BCUT2D eigenvalue weighted by Gasteiger charge is 2.09. The molecule has 0 aliphatic heterocycles. The molecule has 1 aliphatic carbocycles. The van der Waals surface area contributed by atoms with Crippen LogP contribution >= 0.6 is 0 Å². The Balaban J connectivity index is 2.24. The third-order valence-electron chi connectivity index (χ3n) is 2.30. The number of hydrogen-bond acceptors (Lipinski definition) is 2. The van der Waals surface area contributed by atoms with E-state index < -0.39 is 6.17 Å². The Labute approximate surface area is 92.7 Å². The Hall–Kier alpha value is -1.97. The number of pyridine rings is 1. The number of rotatable bonds is 3. The van der Waals surface area contributed by atoms with E-state index in [1.807, 2.05) is 6.07 Å². The molecule has 1 amide bonds. The van der Waals surface area contributed by atoms with Crippen molar-refractivity contribution in [2.75, 3.05) is 5.32 Å². The van der Waals surface area contributed by atoms with Crippen molar-refractivity contribution >= 4 is 17.8 Å². The first-order chi connectivity index (χ1) is 7.79. The average molecular weight is 218 g/mol. The van der Waals surface area contributed by atoms with Gasteiger partial charge in [-0.1, -0.05) is 18.2 Å². The molecule has 0 spiro atoms. The number of allylic oxidation sites excluding steroid dienone is 4. The van der Waals surface area contributed by atoms with E-state index in [2.05, 4.69) is 10.3 Å². The van der Waals surface area contributed by atoms with Crippen LogP contribution in [-0.4, -0.2) is 17.6 Å². The van der Waals surface area contributed by atoms with Crippen molar-refractivity contribution in [3.05, 3.63) is 42.1 Å². The van der Waals surface area contributed by atoms with Gasteiger partial charge >= 0.3 is 0 Å². The molecule has 1 aliphatic rings. The van der Waals surface area contributed by atoms with Gasteiger partial charge in [-0.2, -0.15) is 0 Å². The van der Waals surface area contributed by atoms with E-state index in [0.29, 0.717) is 18.6 Å². The fourth-order valence-electron chi connectivity index (χ4n) is 1.52. The number of carbonyl (C=O) groups is 1. The molecule has 4 heteroatoms. The first kappa shape index (κ1) is 10.5. The molecular formula is C12H11FN2O. The molecule has 82 valence electrons. The van der Waals surface area contributed by atoms with E-state index in [1.165, 1.54) is 6.08 Å². The molecule has 1 aromatic heterocycles. The quantitative estimate of drug-likeness (QED) is 0.791. The zero-order chi connectivity index (χ0) is 11.4. The van der Waals surface area contributed by atoms with Crippen LogP contribution in [0.5, 0.6) is 0 Å². The van der Waals surface area contributed by atoms with E-state index in [-0.39, 0.29) is 0 Å². The molecule has 16 heavy (non-hydrogen) atoms. The lowest BCUT2D eigenvalue weighted by Crippen LogP contribution is -2.01. The summed E-state index contributed by atoms with van der Waals surface area (Å²) in [7, 11) is 0. The minimum Gasteiger partial charge on any atom is -0.313 e. The van der Waals surface area contributed by atoms with Crippen LogP contribution < -0.4 is 5.32 Å². The van der Waals surface area contributed by atoms with E-state index in [9.17, 15) is 9.18 Å². The van der Waals surface area contributed by atoms with E-state index in [1.54, 1.807) is 24.3 Å². The number of aromatic nitrogens is 1. The zero-order valence-corrected chi connectivity index (χ0v) is 8.56. The van der Waals surface area contributed by atoms with Gasteiger partial charge in [0.15, 0.2) is 0 Å². The Kier molecular flexibility index (Phi) is 3.10. The number of carbonyl (C=O) groups excluding carboxylic acids is 1. The second kappa shape index (κ2) is 4.70. The van der Waals surface area contributed by atoms with Gasteiger partial charge in [0.1, 0.15) is 12.0 Å². The lowest BCUT2D eigenvalue weighted by Gasteiger charge is -2.09. The first-order valence-electron chi connectivity index (χ1n) is 4.99. The monoisotopic (exact) mass is 218 g/mol. The molecule has 0 saturated carbocycles. The fraction of sp³-hybridized carbons (Fsp3) is 0.167. The number of hydrogen-bond donors (Lipinski definition) is 1. The summed E-state index contributed by atoms with van der Waals surface area (Å²) in [5.41, 5.74) is 1.61. The average Bonchev–Trinajstić information content (AvgIpc) is 2.31. The molecule has 0 bridgehead atoms. The molecule has 1 aromatic rings. The van der Waals surface area contributed by atoms with Crippen LogP contribution in [0.4, 0.5) is 10.2 Å². The topological polar surface area (TPSA) is 42.0 Å². The fourth-order valence-corrected chi connectivity index (χ4v) is 1.52. The summed E-state index contributed by atoms with van der Waals surface area (Å²) in [4.78, 5) is 14.5. The Morgan fingerprint density at radius 2 is 2.38 bits per heavy atom. The van der Waals surface area contributed by atoms with E-state index >= 15 is 0 Å². The predicted octanol–water partition coefficient (Wildman–Crippen LogP) is 2.33. The van der Waals surface area contributed by atoms with Crippen LogP contribution in [0.2, 0.25) is 0 Å². The van der Waals surface area contributed by atoms with E-state index in [4.69, 9.17) is 0 Å². The van der Waals surface area contributed by atoms with Gasteiger partial charge < -0.3 is 5.32 Å². The van der Waals surface area contributed by atoms with Gasteiger partial charge in [-0.3, -0.25) is 4.79 Å². The van der Waals surface area contributed by atoms with Gasteiger partial charge in [-0.15, -0.1) is 0 Å². The van der Waals surface area contributed by atoms with Gasteiger partial charge in [0.25, 0.3) is 0 Å². The third-order valence-corrected chi connectivity index (χ3v) is 2.30. The molecule has 3 nitrogen and oxygen atoms in total. The molecule has 2 rings (SSSR count). The first-order valence-corrected chi connectivity index (χ1v) is 4.99. The Morgan fingerprint density at radius 1 is 1.50 bits per heavy atom. The number of halogens is 1. The predicted molar refractivity (Wildman–Crippen MR) is 60.6 cm³/mol. The van der Waals surface area contributed by atoms with Crippen molar-refractivity contribution in [2.24, 2.45) is 0 Å². The number of anilines is 1. The highest BCUT2D eigenvalue weighted by Crippen LogP contribution is 2.22. The molecule has 1 atom stereocenters. The lowest BCUT2D eigenvalue weighted by molar-refractivity contribution is -0.105. The summed E-state index contributed by atoms with van der Waals surface area (Å²) >= 11 is 0. The van der Waals surface area contributed by atoms with Crippen LogP contribution in [0, 0.1) is 0 Å². The highest BCUT2D eigenvalue weighted by atomic mass is 19.1. The summed E-state index contributed by atoms with van der Waals surface area (Å²) in [6.45, 7) is 0. The van der Waals surface area contributed by atoms with Gasteiger partial charge in [0.2, 0.25) is 6.41 Å². The second-order valence-corrected chi connectivity index (χ2v) is 3.44. The smallest absolute Gasteiger partial charge is 0.212 e. The van der Waals surface area contributed by atoms with Crippen molar-refractivity contribution in [1.29, 1.82) is 0 Å². The van der Waals surface area contributed by atoms with Crippen molar-refractivity contribution in [1.82, 2.24) is 4.98 Å². The largest absolute Gasteiger partial charge is 0.313 e. The summed E-state index contributed by atoms with van der Waals surface area (Å²) in [6.07, 6.45) is 5.07. The number of amides is 1. The van der Waals surface area contributed by atoms with Crippen LogP contribution in [0.3, 0.4) is 0 Å². The van der Waals surface area contributed by atoms with Gasteiger partial charge in [0, 0.05) is 6.42 Å². The summed E-state index contributed by atoms with van der Waals surface area (Å²) < 4.78 is 12.9. The molecule has 1 unspecified atom stereocenters. The third kappa shape index (κ3) is 2.34. The molecule has 0 saturated heterocycles. The number of nitrogens with one attached hydrogen (secondary N) is 1. The molecule has 1 heterocycles. The van der Waals surface area contributed by atoms with Gasteiger partial charge in [-0.25, -0.2) is 9.37 Å². The van der Waals surface area contributed by atoms with E-state index in [0.717, 1.165) is 11.3 Å². The molecule has 0 fully saturated rings. The number of alkyl halides is 1. The molecule has 0 aromatic carbocycles. The lowest BCUT2D eigenvalue weighted by atomic mass is 10.0. The number of nitrogens with zero attached hydrogens (tertiary/aromatic N) is 1. The maximum Gasteiger partial charge on any atom is 0.212 e. The normalized spacial score (nSPS) is 19.1. The van der Waals surface area contributed by atoms with Crippen molar-refractivity contribution < 1.29 is 9.18 Å². The van der Waals surface area contributed by atoms with Crippen LogP contribution in [-0.2, 0) is 4.79 Å². The molecular weight excluding hydrogens is 207 g/mol. The maximum absolute atomic E-state index is 12.9. The minimum atomic E-state index is -0.903. The van der Waals surface area contributed by atoms with Gasteiger partial charge in [-0.05, 0) is 23.8 Å². The van der Waals surface area contributed by atoms with Crippen molar-refractivity contribution in [2.45, 2.75) is 12.6 Å². The zero-order valence-electron chi connectivity index (χ0n) is 8.56. The molecule has 1 N–H and O–H groups in total. The highest BCUT2D eigenvalue weighted by molar-refractivity contribution is 5.75.